The van der Waals surface area contributed by atoms with E-state index in [2.05, 4.69) is 16.3 Å². The van der Waals surface area contributed by atoms with Crippen molar-refractivity contribution < 1.29 is 4.79 Å². The Hall–Kier alpha value is -1.64. The van der Waals surface area contributed by atoms with Crippen LogP contribution in [0.25, 0.3) is 10.9 Å². The molecule has 1 aromatic heterocycles. The van der Waals surface area contributed by atoms with E-state index >= 15 is 0 Å². The summed E-state index contributed by atoms with van der Waals surface area (Å²) in [4.78, 5) is 12.3. The Bertz CT molecular complexity index is 588. The number of aryl methyl sites for hydroxylation is 2. The highest BCUT2D eigenvalue weighted by Crippen LogP contribution is 2.27. The van der Waals surface area contributed by atoms with Crippen LogP contribution in [0.15, 0.2) is 12.1 Å². The van der Waals surface area contributed by atoms with E-state index < -0.39 is 5.41 Å². The van der Waals surface area contributed by atoms with E-state index in [0.717, 1.165) is 22.0 Å². The Morgan fingerprint density at radius 3 is 2.47 bits per heavy atom. The van der Waals surface area contributed by atoms with Crippen LogP contribution in [0.3, 0.4) is 0 Å². The normalized spacial score (nSPS) is 12.1. The van der Waals surface area contributed by atoms with E-state index in [-0.39, 0.29) is 5.78 Å². The number of benzene rings is 1. The van der Waals surface area contributed by atoms with Gasteiger partial charge in [-0.25, -0.2) is 0 Å². The number of carbonyl (C=O) groups excluding carboxylic acids is 1. The van der Waals surface area contributed by atoms with Crippen molar-refractivity contribution in [1.82, 2.24) is 10.2 Å². The van der Waals surface area contributed by atoms with Gasteiger partial charge in [0.05, 0.1) is 5.52 Å². The molecule has 0 spiro atoms. The number of rotatable bonds is 1. The molecule has 0 radical (unpaired) electrons. The van der Waals surface area contributed by atoms with Crippen LogP contribution in [0.2, 0.25) is 0 Å². The number of Topliss-reactive ketones (excluding diaryl/α,β-unsaturated/α-hetero) is 1. The lowest BCUT2D eigenvalue weighted by atomic mass is 9.87. The average Bonchev–Trinajstić information content (AvgIpc) is 2.58. The highest BCUT2D eigenvalue weighted by atomic mass is 16.1. The van der Waals surface area contributed by atoms with Crippen LogP contribution >= 0.6 is 0 Å². The fourth-order valence-corrected chi connectivity index (χ4v) is 2.02. The zero-order chi connectivity index (χ0) is 12.8. The van der Waals surface area contributed by atoms with Gasteiger partial charge in [0.15, 0.2) is 5.78 Å². The van der Waals surface area contributed by atoms with Crippen molar-refractivity contribution in [3.63, 3.8) is 0 Å². The summed E-state index contributed by atoms with van der Waals surface area (Å²) in [6.07, 6.45) is 0. The molecular weight excluding hydrogens is 212 g/mol. The fraction of sp³-hybridized carbons (Fsp3) is 0.429. The lowest BCUT2D eigenvalue weighted by Crippen LogP contribution is -2.20. The maximum Gasteiger partial charge on any atom is 0.186 e. The third-order valence-electron chi connectivity index (χ3n) is 2.90. The average molecular weight is 230 g/mol. The number of carbonyl (C=O) groups is 1. The Balaban J connectivity index is 2.69. The number of aromatic nitrogens is 2. The molecule has 0 saturated carbocycles. The second-order valence-electron chi connectivity index (χ2n) is 5.66. The minimum absolute atomic E-state index is 0.102. The molecule has 0 unspecified atom stereocenters. The molecule has 0 aliphatic carbocycles. The van der Waals surface area contributed by atoms with Crippen LogP contribution in [0.5, 0.6) is 0 Å². The van der Waals surface area contributed by atoms with Gasteiger partial charge >= 0.3 is 0 Å². The molecule has 2 rings (SSSR count). The molecule has 0 saturated heterocycles. The number of fused-ring (bicyclic) bond motifs is 1. The topological polar surface area (TPSA) is 45.8 Å². The molecule has 3 heteroatoms. The SMILES string of the molecule is Cc1cc(C)c2n[nH]c(C(=O)C(C)(C)C)c2c1. The molecule has 1 N–H and O–H groups in total. The van der Waals surface area contributed by atoms with E-state index in [9.17, 15) is 4.79 Å². The number of hydrogen-bond acceptors (Lipinski definition) is 2. The van der Waals surface area contributed by atoms with Crippen molar-refractivity contribution in [3.8, 4) is 0 Å². The van der Waals surface area contributed by atoms with E-state index in [4.69, 9.17) is 0 Å². The lowest BCUT2D eigenvalue weighted by molar-refractivity contribution is 0.0854. The molecular formula is C14H18N2O. The van der Waals surface area contributed by atoms with Crippen LogP contribution < -0.4 is 0 Å². The molecule has 0 bridgehead atoms. The molecule has 1 heterocycles. The molecule has 0 atom stereocenters. The van der Waals surface area contributed by atoms with E-state index in [1.165, 1.54) is 0 Å². The minimum Gasteiger partial charge on any atom is -0.292 e. The van der Waals surface area contributed by atoms with Crippen molar-refractivity contribution in [2.75, 3.05) is 0 Å². The predicted octanol–water partition coefficient (Wildman–Crippen LogP) is 3.41. The maximum atomic E-state index is 12.3. The van der Waals surface area contributed by atoms with Gasteiger partial charge in [-0.1, -0.05) is 32.4 Å². The number of nitrogens with one attached hydrogen (secondary N) is 1. The van der Waals surface area contributed by atoms with Crippen molar-refractivity contribution in [3.05, 3.63) is 29.0 Å². The lowest BCUT2D eigenvalue weighted by Gasteiger charge is -2.15. The first-order valence-electron chi connectivity index (χ1n) is 5.81. The summed E-state index contributed by atoms with van der Waals surface area (Å²) in [5, 5.41) is 8.07. The number of nitrogens with zero attached hydrogens (tertiary/aromatic N) is 1. The first-order chi connectivity index (χ1) is 7.80. The van der Waals surface area contributed by atoms with Crippen LogP contribution in [0.1, 0.15) is 42.4 Å². The van der Waals surface area contributed by atoms with Crippen molar-refractivity contribution >= 4 is 16.7 Å². The Kier molecular flexibility index (Phi) is 2.57. The molecule has 0 fully saturated rings. The summed E-state index contributed by atoms with van der Waals surface area (Å²) < 4.78 is 0. The second-order valence-corrected chi connectivity index (χ2v) is 5.66. The van der Waals surface area contributed by atoms with Crippen LogP contribution in [0, 0.1) is 19.3 Å². The Labute approximate surface area is 101 Å². The second kappa shape index (κ2) is 3.69. The zero-order valence-corrected chi connectivity index (χ0v) is 11.0. The van der Waals surface area contributed by atoms with E-state index in [1.54, 1.807) is 0 Å². The summed E-state index contributed by atoms with van der Waals surface area (Å²) in [7, 11) is 0. The molecule has 1 aromatic carbocycles. The summed E-state index contributed by atoms with van der Waals surface area (Å²) in [6, 6.07) is 4.10. The Morgan fingerprint density at radius 1 is 1.24 bits per heavy atom. The highest BCUT2D eigenvalue weighted by Gasteiger charge is 2.26. The monoisotopic (exact) mass is 230 g/mol. The summed E-state index contributed by atoms with van der Waals surface area (Å²) in [6.45, 7) is 9.81. The number of H-pyrrole nitrogens is 1. The molecule has 90 valence electrons. The van der Waals surface area contributed by atoms with Crippen molar-refractivity contribution in [1.29, 1.82) is 0 Å². The van der Waals surface area contributed by atoms with Gasteiger partial charge in [-0.05, 0) is 25.5 Å². The molecule has 0 aliphatic heterocycles. The number of ketones is 1. The molecule has 0 amide bonds. The van der Waals surface area contributed by atoms with Gasteiger partial charge in [0.2, 0.25) is 0 Å². The van der Waals surface area contributed by atoms with Crippen LogP contribution in [0.4, 0.5) is 0 Å². The third kappa shape index (κ3) is 1.97. The predicted molar refractivity (Wildman–Crippen MR) is 69.4 cm³/mol. The number of hydrogen-bond donors (Lipinski definition) is 1. The maximum absolute atomic E-state index is 12.3. The van der Waals surface area contributed by atoms with Crippen molar-refractivity contribution in [2.24, 2.45) is 5.41 Å². The minimum atomic E-state index is -0.392. The molecule has 0 aliphatic rings. The standard InChI is InChI=1S/C14H18N2O/c1-8-6-9(2)11-10(7-8)12(16-15-11)13(17)14(3,4)5/h6-7H,1-5H3,(H,15,16). The molecule has 2 aromatic rings. The quantitative estimate of drug-likeness (QED) is 0.763. The van der Waals surface area contributed by atoms with Gasteiger partial charge in [0.1, 0.15) is 5.69 Å². The zero-order valence-electron chi connectivity index (χ0n) is 11.0. The number of aromatic amines is 1. The first-order valence-corrected chi connectivity index (χ1v) is 5.81. The first kappa shape index (κ1) is 11.8. The fourth-order valence-electron chi connectivity index (χ4n) is 2.02. The van der Waals surface area contributed by atoms with Gasteiger partial charge < -0.3 is 0 Å². The van der Waals surface area contributed by atoms with Gasteiger partial charge in [0.25, 0.3) is 0 Å². The molecule has 17 heavy (non-hydrogen) atoms. The summed E-state index contributed by atoms with van der Waals surface area (Å²) in [5.74, 6) is 0.102. The highest BCUT2D eigenvalue weighted by molar-refractivity contribution is 6.08. The largest absolute Gasteiger partial charge is 0.292 e. The third-order valence-corrected chi connectivity index (χ3v) is 2.90. The van der Waals surface area contributed by atoms with Crippen molar-refractivity contribution in [2.45, 2.75) is 34.6 Å². The van der Waals surface area contributed by atoms with Gasteiger partial charge in [0, 0.05) is 10.8 Å². The van der Waals surface area contributed by atoms with Gasteiger partial charge in [-0.2, -0.15) is 5.10 Å². The van der Waals surface area contributed by atoms with Crippen LogP contribution in [-0.4, -0.2) is 16.0 Å². The van der Waals surface area contributed by atoms with E-state index in [0.29, 0.717) is 5.69 Å². The van der Waals surface area contributed by atoms with Crippen LogP contribution in [-0.2, 0) is 0 Å². The summed E-state index contributed by atoms with van der Waals surface area (Å²) >= 11 is 0. The van der Waals surface area contributed by atoms with Gasteiger partial charge in [-0.15, -0.1) is 0 Å². The van der Waals surface area contributed by atoms with E-state index in [1.807, 2.05) is 40.7 Å². The smallest absolute Gasteiger partial charge is 0.186 e. The Morgan fingerprint density at radius 2 is 1.88 bits per heavy atom. The molecule has 3 nitrogen and oxygen atoms in total. The van der Waals surface area contributed by atoms with Gasteiger partial charge in [-0.3, -0.25) is 9.89 Å². The summed E-state index contributed by atoms with van der Waals surface area (Å²) in [5.41, 5.74) is 3.38.